The van der Waals surface area contributed by atoms with Crippen molar-refractivity contribution in [3.8, 4) is 5.75 Å². The predicted octanol–water partition coefficient (Wildman–Crippen LogP) is 5.26. The fourth-order valence-electron chi connectivity index (χ4n) is 2.41. The number of halogens is 3. The third-order valence-corrected chi connectivity index (χ3v) is 5.62. The summed E-state index contributed by atoms with van der Waals surface area (Å²) in [6, 6.07) is 12.0. The number of thioether (sulfide) groups is 1. The van der Waals surface area contributed by atoms with Crippen molar-refractivity contribution < 1.29 is 22.7 Å². The molecule has 1 amide bonds. The zero-order valence-electron chi connectivity index (χ0n) is 15.1. The molecular formula is C20H17F3N2O2S2. The maximum atomic E-state index is 12.7. The Morgan fingerprint density at radius 1 is 1.17 bits per heavy atom. The average Bonchev–Trinajstić information content (AvgIpc) is 3.23. The number of ether oxygens (including phenoxy) is 1. The van der Waals surface area contributed by atoms with Crippen LogP contribution >= 0.6 is 23.1 Å². The molecule has 3 rings (SSSR count). The Balaban J connectivity index is 1.53. The number of amides is 1. The average molecular weight is 438 g/mol. The Kier molecular flexibility index (Phi) is 7.16. The number of alkyl halides is 3. The zero-order valence-corrected chi connectivity index (χ0v) is 16.7. The van der Waals surface area contributed by atoms with Crippen LogP contribution in [0.5, 0.6) is 5.75 Å². The van der Waals surface area contributed by atoms with E-state index in [1.165, 1.54) is 23.9 Å². The summed E-state index contributed by atoms with van der Waals surface area (Å²) in [5, 5.41) is 5.35. The van der Waals surface area contributed by atoms with Gasteiger partial charge in [0.25, 0.3) is 5.91 Å². The number of hydrogen-bond donors (Lipinski definition) is 1. The van der Waals surface area contributed by atoms with E-state index in [4.69, 9.17) is 4.74 Å². The van der Waals surface area contributed by atoms with Crippen LogP contribution in [0.25, 0.3) is 0 Å². The van der Waals surface area contributed by atoms with Crippen LogP contribution in [0, 0.1) is 0 Å². The lowest BCUT2D eigenvalue weighted by Gasteiger charge is -2.11. The van der Waals surface area contributed by atoms with Gasteiger partial charge in [0.1, 0.15) is 10.8 Å². The van der Waals surface area contributed by atoms with E-state index in [-0.39, 0.29) is 18.3 Å². The molecule has 1 N–H and O–H groups in total. The number of hydrogen-bond acceptors (Lipinski definition) is 5. The van der Waals surface area contributed by atoms with Crippen LogP contribution in [0.1, 0.15) is 20.8 Å². The molecule has 9 heteroatoms. The zero-order chi connectivity index (χ0) is 20.7. The number of aromatic nitrogens is 1. The Labute approximate surface area is 174 Å². The lowest BCUT2D eigenvalue weighted by atomic mass is 10.2. The molecule has 0 aliphatic heterocycles. The highest BCUT2D eigenvalue weighted by atomic mass is 32.2. The lowest BCUT2D eigenvalue weighted by Crippen LogP contribution is -2.23. The van der Waals surface area contributed by atoms with Gasteiger partial charge >= 0.3 is 6.18 Å². The van der Waals surface area contributed by atoms with Crippen LogP contribution in [-0.4, -0.2) is 23.3 Å². The predicted molar refractivity (Wildman–Crippen MR) is 107 cm³/mol. The van der Waals surface area contributed by atoms with Crippen molar-refractivity contribution in [2.75, 3.05) is 12.4 Å². The molecule has 0 spiro atoms. The third kappa shape index (κ3) is 6.23. The van der Waals surface area contributed by atoms with Crippen molar-refractivity contribution in [2.45, 2.75) is 17.7 Å². The van der Waals surface area contributed by atoms with Crippen LogP contribution in [0.4, 0.5) is 13.2 Å². The number of nitrogens with one attached hydrogen (secondary N) is 1. The van der Waals surface area contributed by atoms with E-state index < -0.39 is 11.7 Å². The van der Waals surface area contributed by atoms with E-state index in [1.807, 2.05) is 17.5 Å². The summed E-state index contributed by atoms with van der Waals surface area (Å²) in [5.41, 5.74) is -0.301. The first kappa shape index (κ1) is 21.2. The number of rotatable bonds is 8. The van der Waals surface area contributed by atoms with Gasteiger partial charge in [-0.05, 0) is 41.8 Å². The molecule has 0 saturated heterocycles. The smallest absolute Gasteiger partial charge is 0.416 e. The molecule has 152 valence electrons. The van der Waals surface area contributed by atoms with Gasteiger partial charge in [0.05, 0.1) is 24.3 Å². The molecule has 29 heavy (non-hydrogen) atoms. The van der Waals surface area contributed by atoms with Gasteiger partial charge < -0.3 is 10.1 Å². The molecule has 0 radical (unpaired) electrons. The molecule has 0 aliphatic rings. The van der Waals surface area contributed by atoms with Gasteiger partial charge in [-0.25, -0.2) is 4.98 Å². The third-order valence-electron chi connectivity index (χ3n) is 3.77. The molecular weight excluding hydrogens is 421 g/mol. The summed E-state index contributed by atoms with van der Waals surface area (Å²) in [4.78, 5) is 17.7. The van der Waals surface area contributed by atoms with Gasteiger partial charge in [-0.2, -0.15) is 13.2 Å². The molecule has 0 fully saturated rings. The highest BCUT2D eigenvalue weighted by Gasteiger charge is 2.30. The summed E-state index contributed by atoms with van der Waals surface area (Å²) in [6.07, 6.45) is -2.82. The largest absolute Gasteiger partial charge is 0.493 e. The van der Waals surface area contributed by atoms with Crippen molar-refractivity contribution in [3.63, 3.8) is 0 Å². The Morgan fingerprint density at radius 3 is 2.79 bits per heavy atom. The van der Waals surface area contributed by atoms with Gasteiger partial charge in [-0.3, -0.25) is 4.79 Å². The van der Waals surface area contributed by atoms with E-state index in [0.717, 1.165) is 17.0 Å². The van der Waals surface area contributed by atoms with Crippen molar-refractivity contribution in [1.82, 2.24) is 10.3 Å². The second-order valence-corrected chi connectivity index (χ2v) is 7.96. The highest BCUT2D eigenvalue weighted by molar-refractivity contribution is 7.99. The summed E-state index contributed by atoms with van der Waals surface area (Å²) < 4.78 is 43.6. The summed E-state index contributed by atoms with van der Waals surface area (Å²) in [6.45, 7) is 0.618. The molecule has 3 aromatic rings. The fraction of sp³-hybridized carbons (Fsp3) is 0.200. The van der Waals surface area contributed by atoms with Crippen molar-refractivity contribution in [3.05, 3.63) is 76.1 Å². The van der Waals surface area contributed by atoms with Gasteiger partial charge in [-0.15, -0.1) is 23.1 Å². The quantitative estimate of drug-likeness (QED) is 0.385. The van der Waals surface area contributed by atoms with Crippen LogP contribution in [0.3, 0.4) is 0 Å². The van der Waals surface area contributed by atoms with Crippen LogP contribution in [0.15, 0.2) is 65.1 Å². The highest BCUT2D eigenvalue weighted by Crippen LogP contribution is 2.31. The Morgan fingerprint density at radius 2 is 2.03 bits per heavy atom. The number of pyridine rings is 1. The van der Waals surface area contributed by atoms with Crippen molar-refractivity contribution >= 4 is 29.0 Å². The topological polar surface area (TPSA) is 51.2 Å². The monoisotopic (exact) mass is 438 g/mol. The second kappa shape index (κ2) is 9.80. The first-order valence-corrected chi connectivity index (χ1v) is 10.5. The molecule has 0 aliphatic carbocycles. The summed E-state index contributed by atoms with van der Waals surface area (Å²) >= 11 is 2.87. The van der Waals surface area contributed by atoms with Crippen LogP contribution < -0.4 is 10.1 Å². The lowest BCUT2D eigenvalue weighted by molar-refractivity contribution is -0.137. The molecule has 0 unspecified atom stereocenters. The van der Waals surface area contributed by atoms with E-state index in [9.17, 15) is 18.0 Å². The molecule has 2 heterocycles. The molecule has 2 aromatic heterocycles. The van der Waals surface area contributed by atoms with E-state index in [0.29, 0.717) is 22.9 Å². The van der Waals surface area contributed by atoms with Crippen molar-refractivity contribution in [1.29, 1.82) is 0 Å². The summed E-state index contributed by atoms with van der Waals surface area (Å²) in [5.74, 6) is 0.349. The standard InChI is InChI=1S/C20H17F3N2O2S2/c21-20(22,23)14-4-1-5-15(12-14)27-9-11-29-19-17(7-2-8-24-19)18(26)25-13-16-6-3-10-28-16/h1-8,10,12H,9,11,13H2,(H,25,26). The molecule has 0 bridgehead atoms. The number of carbonyl (C=O) groups excluding carboxylic acids is 1. The second-order valence-electron chi connectivity index (χ2n) is 5.84. The Hall–Kier alpha value is -2.52. The normalized spacial score (nSPS) is 11.3. The van der Waals surface area contributed by atoms with Gasteiger partial charge in [0, 0.05) is 16.8 Å². The van der Waals surface area contributed by atoms with Gasteiger partial charge in [0.2, 0.25) is 0 Å². The van der Waals surface area contributed by atoms with E-state index >= 15 is 0 Å². The van der Waals surface area contributed by atoms with Crippen LogP contribution in [-0.2, 0) is 12.7 Å². The SMILES string of the molecule is O=C(NCc1cccs1)c1cccnc1SCCOc1cccc(C(F)(F)F)c1. The molecule has 0 atom stereocenters. The van der Waals surface area contributed by atoms with Crippen LogP contribution in [0.2, 0.25) is 0 Å². The minimum atomic E-state index is -4.41. The first-order chi connectivity index (χ1) is 13.9. The first-order valence-electron chi connectivity index (χ1n) is 8.62. The summed E-state index contributed by atoms with van der Waals surface area (Å²) in [7, 11) is 0. The maximum Gasteiger partial charge on any atom is 0.416 e. The molecule has 0 saturated carbocycles. The molecule has 1 aromatic carbocycles. The van der Waals surface area contributed by atoms with Crippen molar-refractivity contribution in [2.24, 2.45) is 0 Å². The number of nitrogens with zero attached hydrogens (tertiary/aromatic N) is 1. The van der Waals surface area contributed by atoms with Gasteiger partial charge in [-0.1, -0.05) is 12.1 Å². The minimum absolute atomic E-state index is 0.148. The fourth-order valence-corrected chi connectivity index (χ4v) is 3.87. The number of thiophene rings is 1. The number of benzene rings is 1. The minimum Gasteiger partial charge on any atom is -0.493 e. The van der Waals surface area contributed by atoms with Gasteiger partial charge in [0.15, 0.2) is 0 Å². The molecule has 4 nitrogen and oxygen atoms in total. The number of carbonyl (C=O) groups is 1. The van der Waals surface area contributed by atoms with E-state index in [2.05, 4.69) is 10.3 Å². The Bertz CT molecular complexity index is 947. The maximum absolute atomic E-state index is 12.7. The van der Waals surface area contributed by atoms with E-state index in [1.54, 1.807) is 29.7 Å².